The molecule has 166 valence electrons. The Balaban J connectivity index is 1.51. The summed E-state index contributed by atoms with van der Waals surface area (Å²) in [6, 6.07) is 10.4. The van der Waals surface area contributed by atoms with E-state index in [0.717, 1.165) is 22.4 Å². The van der Waals surface area contributed by atoms with Crippen molar-refractivity contribution in [2.75, 3.05) is 6.54 Å². The Kier molecular flexibility index (Phi) is 6.50. The number of carbonyl (C=O) groups excluding carboxylic acids is 1. The molecular weight excluding hydrogens is 449 g/mol. The van der Waals surface area contributed by atoms with Crippen LogP contribution in [0.4, 0.5) is 4.39 Å². The lowest BCUT2D eigenvalue weighted by Crippen LogP contribution is -2.37. The first-order valence-corrected chi connectivity index (χ1v) is 12.5. The second-order valence-electron chi connectivity index (χ2n) is 7.49. The Labute approximate surface area is 190 Å². The number of nitrogens with zero attached hydrogens (tertiary/aromatic N) is 2. The highest BCUT2D eigenvalue weighted by atomic mass is 32.2. The van der Waals surface area contributed by atoms with Crippen LogP contribution in [0.3, 0.4) is 0 Å². The van der Waals surface area contributed by atoms with E-state index in [9.17, 15) is 17.6 Å². The van der Waals surface area contributed by atoms with Crippen LogP contribution >= 0.6 is 11.3 Å². The molecule has 1 N–H and O–H groups in total. The van der Waals surface area contributed by atoms with Gasteiger partial charge in [-0.15, -0.1) is 0 Å². The van der Waals surface area contributed by atoms with Crippen LogP contribution in [0.1, 0.15) is 27.9 Å². The van der Waals surface area contributed by atoms with Crippen LogP contribution in [0, 0.1) is 6.92 Å². The van der Waals surface area contributed by atoms with Crippen molar-refractivity contribution >= 4 is 33.3 Å². The molecule has 0 unspecified atom stereocenters. The van der Waals surface area contributed by atoms with Crippen molar-refractivity contribution < 1.29 is 17.6 Å². The van der Waals surface area contributed by atoms with Gasteiger partial charge in [-0.3, -0.25) is 9.78 Å². The van der Waals surface area contributed by atoms with E-state index in [2.05, 4.69) is 9.71 Å². The Morgan fingerprint density at radius 3 is 2.78 bits per heavy atom. The van der Waals surface area contributed by atoms with Crippen LogP contribution in [0.25, 0.3) is 6.08 Å². The van der Waals surface area contributed by atoms with Crippen molar-refractivity contribution in [2.24, 2.45) is 0 Å². The van der Waals surface area contributed by atoms with Crippen LogP contribution in [0.5, 0.6) is 0 Å². The summed E-state index contributed by atoms with van der Waals surface area (Å²) in [5.74, 6) is -1.48. The van der Waals surface area contributed by atoms with Gasteiger partial charge < -0.3 is 4.90 Å². The number of hydrogen-bond donors (Lipinski definition) is 1. The van der Waals surface area contributed by atoms with Crippen LogP contribution < -0.4 is 4.72 Å². The molecule has 0 spiro atoms. The lowest BCUT2D eigenvalue weighted by molar-refractivity contribution is -0.129. The molecule has 0 radical (unpaired) electrons. The van der Waals surface area contributed by atoms with E-state index in [4.69, 9.17) is 0 Å². The molecule has 1 aromatic carbocycles. The van der Waals surface area contributed by atoms with Gasteiger partial charge in [-0.2, -0.15) is 11.3 Å². The molecule has 32 heavy (non-hydrogen) atoms. The Morgan fingerprint density at radius 1 is 1.28 bits per heavy atom. The van der Waals surface area contributed by atoms with Gasteiger partial charge in [0.2, 0.25) is 10.0 Å². The van der Waals surface area contributed by atoms with Gasteiger partial charge in [-0.25, -0.2) is 17.5 Å². The smallest absolute Gasteiger partial charge is 0.282 e. The minimum atomic E-state index is -3.61. The molecule has 0 fully saturated rings. The maximum absolute atomic E-state index is 14.6. The lowest BCUT2D eigenvalue weighted by Gasteiger charge is -2.30. The summed E-state index contributed by atoms with van der Waals surface area (Å²) in [5.41, 5.74) is 3.91. The zero-order chi connectivity index (χ0) is 22.7. The van der Waals surface area contributed by atoms with Gasteiger partial charge in [0.15, 0.2) is 5.83 Å². The predicted molar refractivity (Wildman–Crippen MR) is 122 cm³/mol. The molecule has 1 amide bonds. The van der Waals surface area contributed by atoms with E-state index in [-0.39, 0.29) is 18.0 Å². The van der Waals surface area contributed by atoms with E-state index in [1.54, 1.807) is 47.3 Å². The summed E-state index contributed by atoms with van der Waals surface area (Å²) in [6.07, 6.45) is 3.41. The third kappa shape index (κ3) is 4.79. The van der Waals surface area contributed by atoms with E-state index in [0.29, 0.717) is 18.5 Å². The van der Waals surface area contributed by atoms with Gasteiger partial charge >= 0.3 is 0 Å². The summed E-state index contributed by atoms with van der Waals surface area (Å²) in [6.45, 7) is 2.50. The number of fused-ring (bicyclic) bond motifs is 1. The highest BCUT2D eigenvalue weighted by Gasteiger charge is 2.26. The zero-order valence-electron chi connectivity index (χ0n) is 17.4. The number of sulfonamides is 1. The molecule has 4 rings (SSSR count). The van der Waals surface area contributed by atoms with Crippen LogP contribution in [-0.4, -0.2) is 30.8 Å². The number of aromatic nitrogens is 1. The fraction of sp³-hybridized carbons (Fsp3) is 0.217. The van der Waals surface area contributed by atoms with Gasteiger partial charge in [-0.1, -0.05) is 30.3 Å². The summed E-state index contributed by atoms with van der Waals surface area (Å²) in [5, 5.41) is 3.29. The number of thiophene rings is 1. The van der Waals surface area contributed by atoms with Gasteiger partial charge in [0, 0.05) is 36.9 Å². The van der Waals surface area contributed by atoms with E-state index >= 15 is 0 Å². The number of halogens is 1. The number of rotatable bonds is 6. The fourth-order valence-corrected chi connectivity index (χ4v) is 5.72. The average molecular weight is 472 g/mol. The zero-order valence-corrected chi connectivity index (χ0v) is 19.0. The quantitative estimate of drug-likeness (QED) is 0.555. The largest absolute Gasteiger partial charge is 0.332 e. The Morgan fingerprint density at radius 2 is 2.06 bits per heavy atom. The molecular formula is C23H22FN3O3S2. The molecule has 6 nitrogen and oxygen atoms in total. The number of amides is 1. The summed E-state index contributed by atoms with van der Waals surface area (Å²) >= 11 is 1.32. The van der Waals surface area contributed by atoms with Crippen molar-refractivity contribution in [1.29, 1.82) is 0 Å². The summed E-state index contributed by atoms with van der Waals surface area (Å²) in [7, 11) is -3.61. The molecule has 9 heteroatoms. The molecule has 2 aromatic heterocycles. The molecule has 1 aliphatic rings. The van der Waals surface area contributed by atoms with Crippen molar-refractivity contribution in [3.8, 4) is 0 Å². The van der Waals surface area contributed by atoms with Gasteiger partial charge in [0.1, 0.15) is 0 Å². The topological polar surface area (TPSA) is 79.4 Å². The fourth-order valence-electron chi connectivity index (χ4n) is 3.69. The molecule has 0 bridgehead atoms. The predicted octanol–water partition coefficient (Wildman–Crippen LogP) is 3.83. The lowest BCUT2D eigenvalue weighted by atomic mass is 9.95. The second kappa shape index (κ2) is 9.32. The normalized spacial score (nSPS) is 14.3. The summed E-state index contributed by atoms with van der Waals surface area (Å²) in [4.78, 5) is 18.7. The van der Waals surface area contributed by atoms with E-state index < -0.39 is 21.8 Å². The molecule has 0 aliphatic carbocycles. The number of nitrogens with one attached hydrogen (secondary N) is 1. The minimum Gasteiger partial charge on any atom is -0.332 e. The summed E-state index contributed by atoms with van der Waals surface area (Å²) < 4.78 is 42.2. The standard InChI is InChI=1S/C23H22FN3O3S2/c1-16-21(13-26-32(29,30)19-8-10-31-15-19)20-7-9-27(14-18(20)12-25-16)23(28)22(24)11-17-5-3-2-4-6-17/h2-6,8,10-12,15,26H,7,9,13-14H2,1H3. The first-order chi connectivity index (χ1) is 15.3. The Bertz CT molecular complexity index is 1260. The highest BCUT2D eigenvalue weighted by molar-refractivity contribution is 7.89. The molecule has 3 heterocycles. The van der Waals surface area contributed by atoms with Crippen LogP contribution in [0.2, 0.25) is 0 Å². The third-order valence-corrected chi connectivity index (χ3v) is 7.66. The van der Waals surface area contributed by atoms with E-state index in [1.807, 2.05) is 13.0 Å². The number of hydrogen-bond acceptors (Lipinski definition) is 5. The van der Waals surface area contributed by atoms with Crippen LogP contribution in [-0.2, 0) is 34.3 Å². The molecule has 1 aliphatic heterocycles. The molecule has 3 aromatic rings. The first-order valence-electron chi connectivity index (χ1n) is 10.0. The van der Waals surface area contributed by atoms with Gasteiger partial charge in [0.05, 0.1) is 4.90 Å². The molecule has 0 saturated carbocycles. The van der Waals surface area contributed by atoms with E-state index in [1.165, 1.54) is 22.3 Å². The Hall–Kier alpha value is -2.88. The number of benzene rings is 1. The van der Waals surface area contributed by atoms with Crippen molar-refractivity contribution in [1.82, 2.24) is 14.6 Å². The first kappa shape index (κ1) is 22.3. The number of aryl methyl sites for hydroxylation is 1. The van der Waals surface area contributed by atoms with Crippen molar-refractivity contribution in [3.63, 3.8) is 0 Å². The highest BCUT2D eigenvalue weighted by Crippen LogP contribution is 2.26. The molecule has 0 saturated heterocycles. The van der Waals surface area contributed by atoms with Gasteiger partial charge in [-0.05, 0) is 53.1 Å². The molecule has 0 atom stereocenters. The SMILES string of the molecule is Cc1ncc2c(c1CNS(=O)(=O)c1ccsc1)CCN(C(=O)C(F)=Cc1ccccc1)C2. The maximum Gasteiger partial charge on any atom is 0.282 e. The number of pyridine rings is 1. The number of carbonyl (C=O) groups is 1. The monoisotopic (exact) mass is 471 g/mol. The van der Waals surface area contributed by atoms with Crippen molar-refractivity contribution in [2.45, 2.75) is 31.3 Å². The van der Waals surface area contributed by atoms with Crippen molar-refractivity contribution in [3.05, 3.63) is 87.1 Å². The second-order valence-corrected chi connectivity index (χ2v) is 10.0. The minimum absolute atomic E-state index is 0.108. The average Bonchev–Trinajstić information content (AvgIpc) is 3.34. The third-order valence-electron chi connectivity index (χ3n) is 5.42. The van der Waals surface area contributed by atoms with Crippen LogP contribution in [0.15, 0.2) is 64.1 Å². The maximum atomic E-state index is 14.6. The van der Waals surface area contributed by atoms with Gasteiger partial charge in [0.25, 0.3) is 5.91 Å².